The van der Waals surface area contributed by atoms with Crippen molar-refractivity contribution in [1.82, 2.24) is 25.1 Å². The topological polar surface area (TPSA) is 61.4 Å². The van der Waals surface area contributed by atoms with Gasteiger partial charge in [-0.25, -0.2) is 14.8 Å². The summed E-state index contributed by atoms with van der Waals surface area (Å²) in [5.41, 5.74) is 0.690. The molecule has 0 aromatic carbocycles. The zero-order chi connectivity index (χ0) is 17.0. The van der Waals surface area contributed by atoms with Crippen LogP contribution in [0.4, 0.5) is 18.0 Å². The van der Waals surface area contributed by atoms with E-state index in [9.17, 15) is 18.0 Å². The van der Waals surface area contributed by atoms with Crippen LogP contribution >= 0.6 is 0 Å². The maximum atomic E-state index is 12.7. The van der Waals surface area contributed by atoms with Gasteiger partial charge in [0.2, 0.25) is 0 Å². The Balaban J connectivity index is 1.80. The maximum absolute atomic E-state index is 12.7. The highest BCUT2D eigenvalue weighted by Crippen LogP contribution is 2.25. The molecule has 0 aliphatic carbocycles. The van der Waals surface area contributed by atoms with Crippen LogP contribution in [0, 0.1) is 6.92 Å². The predicted octanol–water partition coefficient (Wildman–Crippen LogP) is 1.56. The Labute approximate surface area is 132 Å². The summed E-state index contributed by atoms with van der Waals surface area (Å²) in [4.78, 5) is 23.1. The van der Waals surface area contributed by atoms with Gasteiger partial charge in [0.25, 0.3) is 0 Å². The van der Waals surface area contributed by atoms with E-state index in [1.807, 2.05) is 0 Å². The van der Waals surface area contributed by atoms with Gasteiger partial charge >= 0.3 is 12.2 Å². The van der Waals surface area contributed by atoms with Gasteiger partial charge in [-0.1, -0.05) is 0 Å². The minimum Gasteiger partial charge on any atom is -0.332 e. The minimum atomic E-state index is -4.24. The third kappa shape index (κ3) is 4.78. The first-order valence-electron chi connectivity index (χ1n) is 7.39. The average molecular weight is 331 g/mol. The Morgan fingerprint density at radius 1 is 1.35 bits per heavy atom. The maximum Gasteiger partial charge on any atom is 0.403 e. The van der Waals surface area contributed by atoms with Crippen LogP contribution in [0.2, 0.25) is 0 Å². The molecule has 0 spiro atoms. The largest absolute Gasteiger partial charge is 0.403 e. The lowest BCUT2D eigenvalue weighted by Crippen LogP contribution is -2.56. The number of aryl methyl sites for hydroxylation is 1. The van der Waals surface area contributed by atoms with Gasteiger partial charge in [0, 0.05) is 32.4 Å². The van der Waals surface area contributed by atoms with Crippen molar-refractivity contribution < 1.29 is 18.0 Å². The number of amides is 2. The van der Waals surface area contributed by atoms with Crippen molar-refractivity contribution >= 4 is 6.03 Å². The van der Waals surface area contributed by atoms with Crippen molar-refractivity contribution in [1.29, 1.82) is 0 Å². The summed E-state index contributed by atoms with van der Waals surface area (Å²) >= 11 is 0. The van der Waals surface area contributed by atoms with Crippen molar-refractivity contribution in [3.63, 3.8) is 0 Å². The van der Waals surface area contributed by atoms with Crippen molar-refractivity contribution in [2.24, 2.45) is 0 Å². The molecule has 128 valence electrons. The Bertz CT molecular complexity index is 543. The van der Waals surface area contributed by atoms with Crippen LogP contribution in [-0.4, -0.2) is 64.2 Å². The van der Waals surface area contributed by atoms with Crippen LogP contribution in [0.25, 0.3) is 0 Å². The first kappa shape index (κ1) is 17.5. The van der Waals surface area contributed by atoms with Gasteiger partial charge in [-0.3, -0.25) is 4.90 Å². The molecule has 1 aromatic rings. The lowest BCUT2D eigenvalue weighted by Gasteiger charge is -2.38. The van der Waals surface area contributed by atoms with E-state index in [0.717, 1.165) is 6.92 Å². The van der Waals surface area contributed by atoms with Crippen LogP contribution < -0.4 is 5.32 Å². The Morgan fingerprint density at radius 2 is 2.00 bits per heavy atom. The monoisotopic (exact) mass is 331 g/mol. The summed E-state index contributed by atoms with van der Waals surface area (Å²) in [6.07, 6.45) is -2.63. The lowest BCUT2D eigenvalue weighted by molar-refractivity contribution is -0.181. The van der Waals surface area contributed by atoms with Gasteiger partial charge in [-0.15, -0.1) is 0 Å². The molecule has 23 heavy (non-hydrogen) atoms. The molecule has 1 aromatic heterocycles. The Hall–Kier alpha value is -1.90. The smallest absolute Gasteiger partial charge is 0.332 e. The first-order valence-corrected chi connectivity index (χ1v) is 7.39. The summed E-state index contributed by atoms with van der Waals surface area (Å²) in [7, 11) is 0. The van der Waals surface area contributed by atoms with Gasteiger partial charge in [0.15, 0.2) is 0 Å². The molecule has 1 fully saturated rings. The number of halogens is 3. The van der Waals surface area contributed by atoms with Gasteiger partial charge in [-0.2, -0.15) is 13.2 Å². The molecule has 0 saturated carbocycles. The third-order valence-electron chi connectivity index (χ3n) is 3.88. The van der Waals surface area contributed by atoms with E-state index in [0.29, 0.717) is 11.5 Å². The highest BCUT2D eigenvalue weighted by atomic mass is 19.4. The van der Waals surface area contributed by atoms with Crippen molar-refractivity contribution in [3.8, 4) is 0 Å². The molecule has 2 heterocycles. The second-order valence-corrected chi connectivity index (χ2v) is 5.49. The highest BCUT2D eigenvalue weighted by molar-refractivity contribution is 5.74. The summed E-state index contributed by atoms with van der Waals surface area (Å²) in [6.45, 7) is 4.13. The number of aromatic nitrogens is 2. The number of piperazine rings is 1. The highest BCUT2D eigenvalue weighted by Gasteiger charge is 2.41. The molecule has 0 radical (unpaired) electrons. The standard InChI is InChI=1S/C14H20F3N5O/c1-10(14(15,16)17)21-5-7-22(8-6-21)13(23)19-9-12-3-4-18-11(2)20-12/h3-4,10H,5-9H2,1-2H3,(H,19,23)/t10-/m1/s1. The van der Waals surface area contributed by atoms with E-state index in [2.05, 4.69) is 15.3 Å². The fourth-order valence-corrected chi connectivity index (χ4v) is 2.40. The average Bonchev–Trinajstić information content (AvgIpc) is 2.51. The normalized spacial score (nSPS) is 17.9. The number of carbonyl (C=O) groups excluding carboxylic acids is 1. The number of hydrogen-bond acceptors (Lipinski definition) is 4. The fourth-order valence-electron chi connectivity index (χ4n) is 2.40. The number of carbonyl (C=O) groups is 1. The second-order valence-electron chi connectivity index (χ2n) is 5.49. The number of rotatable bonds is 3. The molecule has 0 bridgehead atoms. The molecular formula is C14H20F3N5O. The SMILES string of the molecule is Cc1nccc(CNC(=O)N2CCN([C@H](C)C(F)(F)F)CC2)n1. The fraction of sp³-hybridized carbons (Fsp3) is 0.643. The number of urea groups is 1. The van der Waals surface area contributed by atoms with Gasteiger partial charge < -0.3 is 10.2 Å². The van der Waals surface area contributed by atoms with E-state index in [1.54, 1.807) is 19.2 Å². The van der Waals surface area contributed by atoms with Crippen LogP contribution in [0.5, 0.6) is 0 Å². The molecule has 0 unspecified atom stereocenters. The Morgan fingerprint density at radius 3 is 2.57 bits per heavy atom. The van der Waals surface area contributed by atoms with Gasteiger partial charge in [-0.05, 0) is 19.9 Å². The number of nitrogens with zero attached hydrogens (tertiary/aromatic N) is 4. The van der Waals surface area contributed by atoms with Crippen molar-refractivity contribution in [2.45, 2.75) is 32.6 Å². The Kier molecular flexibility index (Phi) is 5.40. The molecule has 9 heteroatoms. The van der Waals surface area contributed by atoms with Crippen LogP contribution in [0.1, 0.15) is 18.4 Å². The van der Waals surface area contributed by atoms with E-state index in [-0.39, 0.29) is 38.8 Å². The molecule has 1 aliphatic heterocycles. The summed E-state index contributed by atoms with van der Waals surface area (Å²) < 4.78 is 38.1. The summed E-state index contributed by atoms with van der Waals surface area (Å²) in [5, 5.41) is 2.73. The quantitative estimate of drug-likeness (QED) is 0.913. The molecule has 1 saturated heterocycles. The molecule has 2 rings (SSSR count). The molecular weight excluding hydrogens is 311 g/mol. The first-order chi connectivity index (χ1) is 10.8. The number of hydrogen-bond donors (Lipinski definition) is 1. The molecule has 2 amide bonds. The van der Waals surface area contributed by atoms with Crippen LogP contribution in [0.15, 0.2) is 12.3 Å². The number of alkyl halides is 3. The zero-order valence-corrected chi connectivity index (χ0v) is 13.1. The minimum absolute atomic E-state index is 0.209. The molecule has 1 atom stereocenters. The van der Waals surface area contributed by atoms with Crippen molar-refractivity contribution in [2.75, 3.05) is 26.2 Å². The predicted molar refractivity (Wildman–Crippen MR) is 77.7 cm³/mol. The van der Waals surface area contributed by atoms with Crippen molar-refractivity contribution in [3.05, 3.63) is 23.8 Å². The van der Waals surface area contributed by atoms with E-state index in [1.165, 1.54) is 9.80 Å². The summed E-state index contributed by atoms with van der Waals surface area (Å²) in [5.74, 6) is 0.617. The lowest BCUT2D eigenvalue weighted by atomic mass is 10.2. The number of nitrogens with one attached hydrogen (secondary N) is 1. The molecule has 1 N–H and O–H groups in total. The van der Waals surface area contributed by atoms with E-state index >= 15 is 0 Å². The summed E-state index contributed by atoms with van der Waals surface area (Å²) in [6, 6.07) is -0.0757. The van der Waals surface area contributed by atoms with Gasteiger partial charge in [0.1, 0.15) is 11.9 Å². The molecule has 6 nitrogen and oxygen atoms in total. The van der Waals surface area contributed by atoms with Crippen LogP contribution in [-0.2, 0) is 6.54 Å². The second kappa shape index (κ2) is 7.12. The zero-order valence-electron chi connectivity index (χ0n) is 13.1. The third-order valence-corrected chi connectivity index (χ3v) is 3.88. The van der Waals surface area contributed by atoms with E-state index < -0.39 is 12.2 Å². The van der Waals surface area contributed by atoms with Crippen LogP contribution in [0.3, 0.4) is 0 Å². The molecule has 1 aliphatic rings. The van der Waals surface area contributed by atoms with E-state index in [4.69, 9.17) is 0 Å². The van der Waals surface area contributed by atoms with Gasteiger partial charge in [0.05, 0.1) is 12.2 Å².